The number of anilines is 3. The topological polar surface area (TPSA) is 29.3 Å². The van der Waals surface area contributed by atoms with Crippen molar-refractivity contribution in [3.63, 3.8) is 0 Å². The zero-order chi connectivity index (χ0) is 35.8. The lowest BCUT2D eigenvalue weighted by atomic mass is 9.95. The molecule has 0 fully saturated rings. The second-order valence-electron chi connectivity index (χ2n) is 13.6. The van der Waals surface area contributed by atoms with Gasteiger partial charge in [-0.25, -0.2) is 4.98 Å². The fourth-order valence-corrected chi connectivity index (χ4v) is 7.57. The summed E-state index contributed by atoms with van der Waals surface area (Å²) in [6, 6.07) is 73.0. The lowest BCUT2D eigenvalue weighted by Crippen LogP contribution is -2.10. The first-order chi connectivity index (χ1) is 26.7. The van der Waals surface area contributed by atoms with Crippen molar-refractivity contribution in [3.8, 4) is 44.8 Å². The summed E-state index contributed by atoms with van der Waals surface area (Å²) in [6.07, 6.45) is 0. The molecule has 10 rings (SSSR count). The van der Waals surface area contributed by atoms with E-state index in [4.69, 9.17) is 9.40 Å². The predicted molar refractivity (Wildman–Crippen MR) is 225 cm³/mol. The van der Waals surface area contributed by atoms with Crippen LogP contribution in [0.2, 0.25) is 0 Å². The van der Waals surface area contributed by atoms with Gasteiger partial charge in [-0.05, 0) is 110 Å². The Bertz CT molecular complexity index is 2920. The van der Waals surface area contributed by atoms with E-state index in [0.717, 1.165) is 55.6 Å². The van der Waals surface area contributed by atoms with Crippen LogP contribution in [0.4, 0.5) is 17.1 Å². The average Bonchev–Trinajstić information content (AvgIpc) is 3.70. The Kier molecular flexibility index (Phi) is 7.81. The third kappa shape index (κ3) is 5.78. The Labute approximate surface area is 314 Å². The maximum Gasteiger partial charge on any atom is 0.227 e. The number of aromatic nitrogens is 1. The molecular weight excluding hydrogens is 657 g/mol. The van der Waals surface area contributed by atoms with E-state index in [1.807, 2.05) is 30.3 Å². The number of rotatable bonds is 7. The van der Waals surface area contributed by atoms with Gasteiger partial charge in [-0.2, -0.15) is 0 Å². The van der Waals surface area contributed by atoms with Crippen LogP contribution in [0.15, 0.2) is 211 Å². The third-order valence-electron chi connectivity index (χ3n) is 10.3. The Morgan fingerprint density at radius 1 is 0.352 bits per heavy atom. The summed E-state index contributed by atoms with van der Waals surface area (Å²) in [5, 5.41) is 4.53. The summed E-state index contributed by atoms with van der Waals surface area (Å²) in [6.45, 7) is 0. The normalized spacial score (nSPS) is 11.3. The first kappa shape index (κ1) is 31.5. The summed E-state index contributed by atoms with van der Waals surface area (Å²) < 4.78 is 6.38. The first-order valence-electron chi connectivity index (χ1n) is 18.3. The zero-order valence-electron chi connectivity index (χ0n) is 29.4. The molecule has 0 spiro atoms. The molecule has 0 bridgehead atoms. The van der Waals surface area contributed by atoms with Crippen LogP contribution in [-0.2, 0) is 0 Å². The molecule has 1 heterocycles. The highest BCUT2D eigenvalue weighted by Gasteiger charge is 2.17. The Balaban J connectivity index is 1.07. The van der Waals surface area contributed by atoms with E-state index >= 15 is 0 Å². The van der Waals surface area contributed by atoms with Crippen LogP contribution in [0.25, 0.3) is 77.5 Å². The molecule has 254 valence electrons. The van der Waals surface area contributed by atoms with Crippen LogP contribution in [-0.4, -0.2) is 4.98 Å². The SMILES string of the molecule is c1ccc(-c2ccc(N(c3cccc(-c4ccccc4)c3)c3ccc4cc(-c5cc6nc(-c7ccccc7)oc6c6ccccc56)ccc4c3)cc2)cc1. The van der Waals surface area contributed by atoms with E-state index in [2.05, 4.69) is 181 Å². The van der Waals surface area contributed by atoms with Gasteiger partial charge in [-0.15, -0.1) is 0 Å². The van der Waals surface area contributed by atoms with Gasteiger partial charge in [0.15, 0.2) is 5.58 Å². The molecule has 54 heavy (non-hydrogen) atoms. The van der Waals surface area contributed by atoms with E-state index < -0.39 is 0 Å². The minimum Gasteiger partial charge on any atom is -0.435 e. The van der Waals surface area contributed by atoms with Crippen LogP contribution in [0, 0.1) is 0 Å². The van der Waals surface area contributed by atoms with Gasteiger partial charge in [0.25, 0.3) is 0 Å². The van der Waals surface area contributed by atoms with Gasteiger partial charge in [-0.3, -0.25) is 0 Å². The second-order valence-corrected chi connectivity index (χ2v) is 13.6. The molecular formula is C51H34N2O. The number of hydrogen-bond donors (Lipinski definition) is 0. The number of hydrogen-bond acceptors (Lipinski definition) is 3. The minimum atomic E-state index is 0.632. The molecule has 0 radical (unpaired) electrons. The summed E-state index contributed by atoms with van der Waals surface area (Å²) in [7, 11) is 0. The van der Waals surface area contributed by atoms with Gasteiger partial charge in [0.05, 0.1) is 0 Å². The van der Waals surface area contributed by atoms with Gasteiger partial charge in [0.1, 0.15) is 5.52 Å². The van der Waals surface area contributed by atoms with Crippen LogP contribution < -0.4 is 4.90 Å². The molecule has 0 aliphatic rings. The van der Waals surface area contributed by atoms with Gasteiger partial charge >= 0.3 is 0 Å². The van der Waals surface area contributed by atoms with E-state index in [0.29, 0.717) is 5.89 Å². The number of nitrogens with zero attached hydrogens (tertiary/aromatic N) is 2. The average molecular weight is 691 g/mol. The van der Waals surface area contributed by atoms with Crippen LogP contribution in [0.1, 0.15) is 0 Å². The summed E-state index contributed by atoms with van der Waals surface area (Å²) in [5.74, 6) is 0.632. The van der Waals surface area contributed by atoms with Crippen molar-refractivity contribution in [1.82, 2.24) is 4.98 Å². The predicted octanol–water partition coefficient (Wildman–Crippen LogP) is 14.3. The van der Waals surface area contributed by atoms with Gasteiger partial charge in [0, 0.05) is 28.0 Å². The van der Waals surface area contributed by atoms with Crippen molar-refractivity contribution < 1.29 is 4.42 Å². The van der Waals surface area contributed by atoms with Crippen molar-refractivity contribution in [2.75, 3.05) is 4.90 Å². The van der Waals surface area contributed by atoms with Gasteiger partial charge in [-0.1, -0.05) is 146 Å². The molecule has 0 unspecified atom stereocenters. The fourth-order valence-electron chi connectivity index (χ4n) is 7.57. The standard InChI is InChI=1S/C51H34N2O/c1-4-13-35(14-5-1)37-25-28-43(29-26-37)53(44-20-12-19-39(32-44)36-15-6-2-7-16-36)45-30-27-40-31-42(24-23-41(40)33-45)48-34-49-50(47-22-11-10-21-46(47)48)54-51(52-49)38-17-8-3-9-18-38/h1-34H. The second kappa shape index (κ2) is 13.4. The molecule has 0 saturated carbocycles. The Morgan fingerprint density at radius 2 is 0.889 bits per heavy atom. The Hall–Kier alpha value is -7.23. The van der Waals surface area contributed by atoms with Crippen molar-refractivity contribution in [1.29, 1.82) is 0 Å². The maximum atomic E-state index is 6.38. The van der Waals surface area contributed by atoms with Crippen LogP contribution in [0.3, 0.4) is 0 Å². The lowest BCUT2D eigenvalue weighted by Gasteiger charge is -2.26. The van der Waals surface area contributed by atoms with Crippen molar-refractivity contribution in [2.24, 2.45) is 0 Å². The smallest absolute Gasteiger partial charge is 0.227 e. The van der Waals surface area contributed by atoms with E-state index in [1.165, 1.54) is 33.0 Å². The largest absolute Gasteiger partial charge is 0.435 e. The Morgan fingerprint density at radius 3 is 1.63 bits per heavy atom. The molecule has 0 N–H and O–H groups in total. The molecule has 1 aromatic heterocycles. The molecule has 0 aliphatic carbocycles. The fraction of sp³-hybridized carbons (Fsp3) is 0. The molecule has 0 atom stereocenters. The van der Waals surface area contributed by atoms with E-state index in [-0.39, 0.29) is 0 Å². The molecule has 10 aromatic rings. The summed E-state index contributed by atoms with van der Waals surface area (Å²) in [4.78, 5) is 7.30. The molecule has 0 amide bonds. The molecule has 9 aromatic carbocycles. The highest BCUT2D eigenvalue weighted by atomic mass is 16.3. The van der Waals surface area contributed by atoms with Crippen molar-refractivity contribution >= 4 is 49.7 Å². The van der Waals surface area contributed by atoms with Gasteiger partial charge in [0.2, 0.25) is 5.89 Å². The van der Waals surface area contributed by atoms with Crippen molar-refractivity contribution in [3.05, 3.63) is 206 Å². The highest BCUT2D eigenvalue weighted by molar-refractivity contribution is 6.11. The lowest BCUT2D eigenvalue weighted by molar-refractivity contribution is 0.623. The molecule has 3 heteroatoms. The van der Waals surface area contributed by atoms with E-state index in [1.54, 1.807) is 0 Å². The van der Waals surface area contributed by atoms with Crippen molar-refractivity contribution in [2.45, 2.75) is 0 Å². The summed E-state index contributed by atoms with van der Waals surface area (Å²) in [5.41, 5.74) is 13.0. The quantitative estimate of drug-likeness (QED) is 0.167. The minimum absolute atomic E-state index is 0.632. The van der Waals surface area contributed by atoms with Crippen LogP contribution >= 0.6 is 0 Å². The molecule has 3 nitrogen and oxygen atoms in total. The number of benzene rings is 9. The number of oxazole rings is 1. The monoisotopic (exact) mass is 690 g/mol. The van der Waals surface area contributed by atoms with Gasteiger partial charge < -0.3 is 9.32 Å². The first-order valence-corrected chi connectivity index (χ1v) is 18.3. The summed E-state index contributed by atoms with van der Waals surface area (Å²) >= 11 is 0. The van der Waals surface area contributed by atoms with Crippen LogP contribution in [0.5, 0.6) is 0 Å². The third-order valence-corrected chi connectivity index (χ3v) is 10.3. The van der Waals surface area contributed by atoms with E-state index in [9.17, 15) is 0 Å². The maximum absolute atomic E-state index is 6.38. The molecule has 0 saturated heterocycles. The molecule has 0 aliphatic heterocycles. The highest BCUT2D eigenvalue weighted by Crippen LogP contribution is 2.41. The zero-order valence-corrected chi connectivity index (χ0v) is 29.4. The number of fused-ring (bicyclic) bond motifs is 4.